The number of rotatable bonds is 5. The molecule has 6 heteroatoms. The molecule has 84 valence electrons. The van der Waals surface area contributed by atoms with Gasteiger partial charge in [0.1, 0.15) is 0 Å². The molecule has 15 heavy (non-hydrogen) atoms. The molecule has 0 saturated carbocycles. The third kappa shape index (κ3) is 2.22. The third-order valence-electron chi connectivity index (χ3n) is 3.29. The summed E-state index contributed by atoms with van der Waals surface area (Å²) in [4.78, 5) is 0. The van der Waals surface area contributed by atoms with Crippen LogP contribution in [-0.2, 0) is 0 Å². The molecule has 0 radical (unpaired) electrons. The van der Waals surface area contributed by atoms with Crippen molar-refractivity contribution in [2.24, 2.45) is 5.16 Å². The summed E-state index contributed by atoms with van der Waals surface area (Å²) in [5, 5.41) is 26.1. The Kier molecular flexibility index (Phi) is 4.32. The summed E-state index contributed by atoms with van der Waals surface area (Å²) >= 11 is -2.08. The van der Waals surface area contributed by atoms with Crippen LogP contribution in [0.4, 0.5) is 0 Å². The van der Waals surface area contributed by atoms with Gasteiger partial charge in [0.2, 0.25) is 0 Å². The molecule has 2 N–H and O–H groups in total. The van der Waals surface area contributed by atoms with Crippen LogP contribution in [0.3, 0.4) is 0 Å². The number of nitrogens with zero attached hydrogens (tertiary/aromatic N) is 3. The molecule has 0 aliphatic heterocycles. The van der Waals surface area contributed by atoms with E-state index in [9.17, 15) is 0 Å². The van der Waals surface area contributed by atoms with E-state index in [1.165, 1.54) is 22.0 Å². The molecule has 0 unspecified atom stereocenters. The van der Waals surface area contributed by atoms with Gasteiger partial charge < -0.3 is 0 Å². The second kappa shape index (κ2) is 5.30. The van der Waals surface area contributed by atoms with E-state index in [0.29, 0.717) is 5.69 Å². The van der Waals surface area contributed by atoms with Gasteiger partial charge in [-0.2, -0.15) is 0 Å². The van der Waals surface area contributed by atoms with Crippen molar-refractivity contribution in [2.75, 3.05) is 0 Å². The zero-order chi connectivity index (χ0) is 11.3. The summed E-state index contributed by atoms with van der Waals surface area (Å²) in [5.41, 5.74) is 0.711. The molecule has 0 amide bonds. The molecule has 0 spiro atoms. The van der Waals surface area contributed by atoms with E-state index >= 15 is 0 Å². The zero-order valence-corrected chi connectivity index (χ0v) is 11.6. The first-order chi connectivity index (χ1) is 7.24. The van der Waals surface area contributed by atoms with E-state index in [-0.39, 0.29) is 0 Å². The minimum atomic E-state index is -2.08. The van der Waals surface area contributed by atoms with E-state index in [1.807, 2.05) is 0 Å². The van der Waals surface area contributed by atoms with Gasteiger partial charge in [-0.05, 0) is 0 Å². The molecule has 0 aliphatic rings. The topological polar surface area (TPSA) is 74.2 Å². The van der Waals surface area contributed by atoms with E-state index < -0.39 is 13.3 Å². The van der Waals surface area contributed by atoms with E-state index in [2.05, 4.69) is 41.3 Å². The van der Waals surface area contributed by atoms with Crippen molar-refractivity contribution < 1.29 is 5.21 Å². The Morgan fingerprint density at radius 1 is 1.27 bits per heavy atom. The molecule has 5 nitrogen and oxygen atoms in total. The normalized spacial score (nSPS) is 12.5. The van der Waals surface area contributed by atoms with Crippen molar-refractivity contribution in [1.29, 1.82) is 0 Å². The summed E-state index contributed by atoms with van der Waals surface area (Å²) in [6.07, 6.45) is 1.37. The maximum absolute atomic E-state index is 8.55. The molecule has 0 aliphatic carbocycles. The molecule has 1 aromatic heterocycles. The summed E-state index contributed by atoms with van der Waals surface area (Å²) in [7, 11) is 0. The van der Waals surface area contributed by atoms with E-state index in [1.54, 1.807) is 0 Å². The summed E-state index contributed by atoms with van der Waals surface area (Å²) < 4.78 is 1.08. The fourth-order valence-corrected chi connectivity index (χ4v) is 9.28. The van der Waals surface area contributed by atoms with Crippen LogP contribution in [0.15, 0.2) is 5.16 Å². The van der Waals surface area contributed by atoms with Crippen LogP contribution >= 0.6 is 0 Å². The molecule has 1 rings (SSSR count). The standard InChI is InChI=1S/C9H18GeN4O/c1-4-10(5-2,6-3)9-8(7-11-15)12-14-13-9/h7,15H,4-6H2,1-3H3,(H,12,13,14). The number of H-pyrrole nitrogens is 1. The second-order valence-electron chi connectivity index (χ2n) is 3.64. The number of aromatic nitrogens is 3. The fourth-order valence-electron chi connectivity index (χ4n) is 2.03. The van der Waals surface area contributed by atoms with E-state index in [4.69, 9.17) is 5.21 Å². The molecule has 0 saturated heterocycles. The fraction of sp³-hybridized carbons (Fsp3) is 0.667. The van der Waals surface area contributed by atoms with Gasteiger partial charge in [-0.25, -0.2) is 0 Å². The molecular weight excluding hydrogens is 253 g/mol. The van der Waals surface area contributed by atoms with Crippen molar-refractivity contribution in [3.8, 4) is 0 Å². The number of nitrogens with one attached hydrogen (secondary N) is 1. The molecule has 1 aromatic rings. The average molecular weight is 271 g/mol. The molecule has 0 bridgehead atoms. The van der Waals surface area contributed by atoms with Crippen molar-refractivity contribution in [2.45, 2.75) is 36.5 Å². The Hall–Kier alpha value is -0.847. The molecule has 0 fully saturated rings. The number of aromatic amines is 1. The Bertz CT molecular complexity index is 324. The average Bonchev–Trinajstić information content (AvgIpc) is 2.71. The second-order valence-corrected chi connectivity index (χ2v) is 14.5. The van der Waals surface area contributed by atoms with Gasteiger partial charge >= 0.3 is 92.0 Å². The molecule has 0 aromatic carbocycles. The van der Waals surface area contributed by atoms with Crippen LogP contribution in [0, 0.1) is 0 Å². The minimum absolute atomic E-state index is 0.711. The van der Waals surface area contributed by atoms with Crippen molar-refractivity contribution in [1.82, 2.24) is 15.4 Å². The predicted octanol–water partition coefficient (Wildman–Crippen LogP) is 1.33. The first-order valence-corrected chi connectivity index (χ1v) is 10.8. The molecule has 0 atom stereocenters. The van der Waals surface area contributed by atoms with Crippen LogP contribution in [0.2, 0.25) is 15.8 Å². The van der Waals surface area contributed by atoms with Gasteiger partial charge in [0.05, 0.1) is 0 Å². The van der Waals surface area contributed by atoms with Crippen molar-refractivity contribution in [3.05, 3.63) is 5.69 Å². The SMILES string of the molecule is C[CH2][Ge]([CH2]C)([CH2]C)[c]1n[nH]nc1C=NO. The van der Waals surface area contributed by atoms with Gasteiger partial charge in [-0.15, -0.1) is 0 Å². The van der Waals surface area contributed by atoms with E-state index in [0.717, 1.165) is 4.53 Å². The Balaban J connectivity index is 3.16. The van der Waals surface area contributed by atoms with Crippen LogP contribution in [-0.4, -0.2) is 40.1 Å². The van der Waals surface area contributed by atoms with Crippen LogP contribution in [0.25, 0.3) is 0 Å². The van der Waals surface area contributed by atoms with Gasteiger partial charge in [-0.1, -0.05) is 0 Å². The monoisotopic (exact) mass is 272 g/mol. The Labute approximate surface area is 92.3 Å². The van der Waals surface area contributed by atoms with Crippen LogP contribution < -0.4 is 4.53 Å². The first kappa shape index (κ1) is 12.2. The van der Waals surface area contributed by atoms with Gasteiger partial charge in [-0.3, -0.25) is 0 Å². The van der Waals surface area contributed by atoms with Gasteiger partial charge in [0, 0.05) is 0 Å². The summed E-state index contributed by atoms with van der Waals surface area (Å²) in [5.74, 6) is 0. The van der Waals surface area contributed by atoms with Crippen molar-refractivity contribution in [3.63, 3.8) is 0 Å². The Morgan fingerprint density at radius 2 is 1.87 bits per heavy atom. The van der Waals surface area contributed by atoms with Gasteiger partial charge in [0.15, 0.2) is 0 Å². The van der Waals surface area contributed by atoms with Crippen LogP contribution in [0.5, 0.6) is 0 Å². The predicted molar refractivity (Wildman–Crippen MR) is 62.6 cm³/mol. The molecular formula is C9H18GeN4O. The summed E-state index contributed by atoms with van der Waals surface area (Å²) in [6, 6.07) is 0. The van der Waals surface area contributed by atoms with Crippen LogP contribution in [0.1, 0.15) is 26.5 Å². The first-order valence-electron chi connectivity index (χ1n) is 5.32. The van der Waals surface area contributed by atoms with Crippen molar-refractivity contribution >= 4 is 24.0 Å². The number of oxime groups is 1. The molecule has 1 heterocycles. The Morgan fingerprint density at radius 3 is 2.33 bits per heavy atom. The van der Waals surface area contributed by atoms with Gasteiger partial charge in [0.25, 0.3) is 0 Å². The zero-order valence-electron chi connectivity index (χ0n) is 9.49. The number of hydrogen-bond acceptors (Lipinski definition) is 4. The third-order valence-corrected chi connectivity index (χ3v) is 14.7. The maximum atomic E-state index is 8.55. The number of hydrogen-bond donors (Lipinski definition) is 2. The summed E-state index contributed by atoms with van der Waals surface area (Å²) in [6.45, 7) is 6.67. The quantitative estimate of drug-likeness (QED) is 0.367.